The number of benzene rings is 1. The minimum Gasteiger partial charge on any atom is -0.493 e. The number of methoxy groups -OCH3 is 1. The summed E-state index contributed by atoms with van der Waals surface area (Å²) >= 11 is 5.43. The Balaban J connectivity index is 2.82. The average molecular weight is 256 g/mol. The van der Waals surface area contributed by atoms with Gasteiger partial charge < -0.3 is 15.2 Å². The largest absolute Gasteiger partial charge is 0.493 e. The van der Waals surface area contributed by atoms with Gasteiger partial charge in [0.15, 0.2) is 11.5 Å². The Labute approximate surface area is 107 Å². The molecule has 1 rings (SSSR count). The number of nitrogens with two attached hydrogens (primary N) is 1. The number of hydrogen-bond donors (Lipinski definition) is 1. The molecule has 94 valence electrons. The molecule has 3 nitrogen and oxygen atoms in total. The van der Waals surface area contributed by atoms with E-state index >= 15 is 0 Å². The highest BCUT2D eigenvalue weighted by Crippen LogP contribution is 2.28. The van der Waals surface area contributed by atoms with Gasteiger partial charge in [-0.1, -0.05) is 17.7 Å². The zero-order valence-corrected chi connectivity index (χ0v) is 10.9. The van der Waals surface area contributed by atoms with Crippen molar-refractivity contribution < 1.29 is 9.47 Å². The third-order valence-corrected chi connectivity index (χ3v) is 2.39. The van der Waals surface area contributed by atoms with Crippen molar-refractivity contribution in [3.8, 4) is 11.5 Å². The first-order valence-corrected chi connectivity index (χ1v) is 5.91. The van der Waals surface area contributed by atoms with Gasteiger partial charge in [0.1, 0.15) is 6.61 Å². The van der Waals surface area contributed by atoms with Crippen LogP contribution < -0.4 is 15.2 Å². The third kappa shape index (κ3) is 4.67. The smallest absolute Gasteiger partial charge is 0.161 e. The molecule has 0 aliphatic carbocycles. The molecule has 4 heteroatoms. The van der Waals surface area contributed by atoms with Crippen LogP contribution in [0.4, 0.5) is 0 Å². The molecule has 0 aliphatic rings. The Bertz CT molecular complexity index is 378. The number of hydrogen-bond acceptors (Lipinski definition) is 3. The van der Waals surface area contributed by atoms with E-state index in [1.54, 1.807) is 13.2 Å². The van der Waals surface area contributed by atoms with Crippen molar-refractivity contribution in [2.75, 3.05) is 13.7 Å². The Kier molecular flexibility index (Phi) is 5.87. The van der Waals surface area contributed by atoms with Crippen LogP contribution in [-0.2, 0) is 6.42 Å². The maximum absolute atomic E-state index is 5.77. The average Bonchev–Trinajstić information content (AvgIpc) is 2.29. The standard InChI is InChI=1S/C13H18ClNO2/c1-10(15)8-11-4-5-12(16-2)13(9-11)17-7-3-6-14/h3-6,9-10H,7-8,15H2,1-2H3/b6-3+. The number of ether oxygens (including phenoxy) is 2. The van der Waals surface area contributed by atoms with Crippen molar-refractivity contribution in [3.63, 3.8) is 0 Å². The molecule has 1 atom stereocenters. The van der Waals surface area contributed by atoms with Crippen LogP contribution in [0.25, 0.3) is 0 Å². The fraction of sp³-hybridized carbons (Fsp3) is 0.385. The predicted molar refractivity (Wildman–Crippen MR) is 70.8 cm³/mol. The van der Waals surface area contributed by atoms with E-state index in [-0.39, 0.29) is 6.04 Å². The summed E-state index contributed by atoms with van der Waals surface area (Å²) in [4.78, 5) is 0. The molecule has 1 aromatic carbocycles. The topological polar surface area (TPSA) is 44.5 Å². The lowest BCUT2D eigenvalue weighted by Crippen LogP contribution is -2.17. The summed E-state index contributed by atoms with van der Waals surface area (Å²) in [5, 5.41) is 0. The molecule has 0 amide bonds. The second kappa shape index (κ2) is 7.20. The lowest BCUT2D eigenvalue weighted by molar-refractivity contribution is 0.326. The van der Waals surface area contributed by atoms with Crippen molar-refractivity contribution in [2.45, 2.75) is 19.4 Å². The van der Waals surface area contributed by atoms with Gasteiger partial charge in [0, 0.05) is 11.6 Å². The first kappa shape index (κ1) is 13.9. The molecule has 0 bridgehead atoms. The minimum atomic E-state index is 0.124. The molecule has 1 aromatic rings. The Hall–Kier alpha value is -1.19. The zero-order chi connectivity index (χ0) is 12.7. The first-order chi connectivity index (χ1) is 8.17. The molecule has 0 aromatic heterocycles. The Morgan fingerprint density at radius 2 is 2.18 bits per heavy atom. The van der Waals surface area contributed by atoms with Gasteiger partial charge in [0.05, 0.1) is 7.11 Å². The summed E-state index contributed by atoms with van der Waals surface area (Å²) in [6.07, 6.45) is 2.53. The summed E-state index contributed by atoms with van der Waals surface area (Å²) in [6.45, 7) is 2.39. The third-order valence-electron chi connectivity index (χ3n) is 2.21. The van der Waals surface area contributed by atoms with E-state index in [1.807, 2.05) is 25.1 Å². The molecule has 1 unspecified atom stereocenters. The summed E-state index contributed by atoms with van der Waals surface area (Å²) in [6, 6.07) is 5.95. The van der Waals surface area contributed by atoms with Crippen molar-refractivity contribution in [2.24, 2.45) is 5.73 Å². The van der Waals surface area contributed by atoms with E-state index in [1.165, 1.54) is 5.54 Å². The van der Waals surface area contributed by atoms with E-state index < -0.39 is 0 Å². The van der Waals surface area contributed by atoms with Crippen molar-refractivity contribution in [3.05, 3.63) is 35.4 Å². The lowest BCUT2D eigenvalue weighted by Gasteiger charge is -2.12. The van der Waals surface area contributed by atoms with E-state index in [9.17, 15) is 0 Å². The predicted octanol–water partition coefficient (Wildman–Crippen LogP) is 2.72. The van der Waals surface area contributed by atoms with Crippen LogP contribution >= 0.6 is 11.6 Å². The fourth-order valence-corrected chi connectivity index (χ4v) is 1.58. The van der Waals surface area contributed by atoms with Crippen molar-refractivity contribution in [1.82, 2.24) is 0 Å². The van der Waals surface area contributed by atoms with Gasteiger partial charge in [0.2, 0.25) is 0 Å². The van der Waals surface area contributed by atoms with Crippen LogP contribution in [-0.4, -0.2) is 19.8 Å². The maximum Gasteiger partial charge on any atom is 0.161 e. The molecule has 2 N–H and O–H groups in total. The van der Waals surface area contributed by atoms with E-state index in [0.717, 1.165) is 12.0 Å². The second-order valence-corrected chi connectivity index (χ2v) is 4.09. The second-order valence-electron chi connectivity index (χ2n) is 3.84. The normalized spacial score (nSPS) is 12.7. The molecular weight excluding hydrogens is 238 g/mol. The molecule has 0 saturated carbocycles. The highest BCUT2D eigenvalue weighted by molar-refractivity contribution is 6.25. The highest BCUT2D eigenvalue weighted by atomic mass is 35.5. The van der Waals surface area contributed by atoms with E-state index in [0.29, 0.717) is 18.1 Å². The van der Waals surface area contributed by atoms with E-state index in [4.69, 9.17) is 26.8 Å². The zero-order valence-electron chi connectivity index (χ0n) is 10.2. The van der Waals surface area contributed by atoms with Gasteiger partial charge >= 0.3 is 0 Å². The summed E-state index contributed by atoms with van der Waals surface area (Å²) in [5.41, 5.74) is 8.33. The van der Waals surface area contributed by atoms with Gasteiger partial charge in [-0.15, -0.1) is 0 Å². The van der Waals surface area contributed by atoms with Gasteiger partial charge in [-0.2, -0.15) is 0 Å². The monoisotopic (exact) mass is 255 g/mol. The Morgan fingerprint density at radius 1 is 1.41 bits per heavy atom. The van der Waals surface area contributed by atoms with Gasteiger partial charge in [-0.3, -0.25) is 0 Å². The van der Waals surface area contributed by atoms with Crippen LogP contribution in [0.2, 0.25) is 0 Å². The van der Waals surface area contributed by atoms with Crippen LogP contribution in [0, 0.1) is 0 Å². The molecule has 17 heavy (non-hydrogen) atoms. The minimum absolute atomic E-state index is 0.124. The quantitative estimate of drug-likeness (QED) is 0.850. The van der Waals surface area contributed by atoms with Gasteiger partial charge in [-0.25, -0.2) is 0 Å². The lowest BCUT2D eigenvalue weighted by atomic mass is 10.1. The Morgan fingerprint density at radius 3 is 2.76 bits per heavy atom. The molecule has 0 aliphatic heterocycles. The van der Waals surface area contributed by atoms with Gasteiger partial charge in [0.25, 0.3) is 0 Å². The van der Waals surface area contributed by atoms with Crippen molar-refractivity contribution in [1.29, 1.82) is 0 Å². The summed E-state index contributed by atoms with van der Waals surface area (Å²) in [7, 11) is 1.62. The molecular formula is C13H18ClNO2. The van der Waals surface area contributed by atoms with Crippen LogP contribution in [0.3, 0.4) is 0 Å². The molecule has 0 radical (unpaired) electrons. The van der Waals surface area contributed by atoms with E-state index in [2.05, 4.69) is 0 Å². The maximum atomic E-state index is 5.77. The van der Waals surface area contributed by atoms with Crippen molar-refractivity contribution >= 4 is 11.6 Å². The fourth-order valence-electron chi connectivity index (χ4n) is 1.51. The highest BCUT2D eigenvalue weighted by Gasteiger charge is 2.06. The van der Waals surface area contributed by atoms with Crippen LogP contribution in [0.5, 0.6) is 11.5 Å². The summed E-state index contributed by atoms with van der Waals surface area (Å²) < 4.78 is 10.8. The first-order valence-electron chi connectivity index (χ1n) is 5.48. The molecule has 0 heterocycles. The molecule has 0 spiro atoms. The number of rotatable bonds is 6. The molecule has 0 fully saturated rings. The summed E-state index contributed by atoms with van der Waals surface area (Å²) in [5.74, 6) is 1.42. The van der Waals surface area contributed by atoms with Gasteiger partial charge in [-0.05, 0) is 37.1 Å². The number of halogens is 1. The van der Waals surface area contributed by atoms with Crippen LogP contribution in [0.1, 0.15) is 12.5 Å². The molecule has 0 saturated heterocycles. The SMILES string of the molecule is COc1ccc(CC(C)N)cc1OC/C=C/Cl. The van der Waals surface area contributed by atoms with Crippen LogP contribution in [0.15, 0.2) is 29.8 Å².